The molecule has 0 atom stereocenters. The molecule has 1 heterocycles. The number of halogens is 3. The molecule has 5 rings (SSSR count). The van der Waals surface area contributed by atoms with E-state index in [1.807, 2.05) is 0 Å². The standard InChI is InChI=1S/C31H30Cl3N7O18S6.Cu/c32-4-8-60(44,45)10-6-41(7-11-61(46,47)9-5-33)31-37-29(34)36-30(38-31)35-19-14-17(62(48,49)50)12-16-13-23(65(57,58)59)26(28(43)24(16)19)40-39-20-15-22(64(54,55)56)18-2-1-3-21(63(51,52)53)25(18)27(20)42;/h1-3,12-15,42-43H,4-11H2,(H,48,49,50)(H,51,52,53)(H,54,55,56)(H,57,58,59)(H,35,36,37,38);/q;+2/p-2. The summed E-state index contributed by atoms with van der Waals surface area (Å²) < 4.78 is 189. The van der Waals surface area contributed by atoms with Crippen LogP contribution in [-0.2, 0) is 77.2 Å². The van der Waals surface area contributed by atoms with Crippen LogP contribution in [0.5, 0.6) is 11.5 Å². The molecule has 4 aromatic carbocycles. The van der Waals surface area contributed by atoms with Crippen LogP contribution < -0.4 is 20.4 Å². The molecule has 25 nitrogen and oxygen atoms in total. The molecule has 5 aromatic rings. The first-order valence-electron chi connectivity index (χ1n) is 17.2. The third-order valence-corrected chi connectivity index (χ3v) is 16.5. The molecule has 0 unspecified atom stereocenters. The van der Waals surface area contributed by atoms with Crippen LogP contribution in [-0.4, -0.2) is 132 Å². The van der Waals surface area contributed by atoms with Crippen LogP contribution in [0.25, 0.3) is 21.5 Å². The Hall–Kier alpha value is -3.86. The molecular formula is C31H28Cl3CuN7O18S6. The fourth-order valence-corrected chi connectivity index (χ4v) is 11.9. The van der Waals surface area contributed by atoms with E-state index >= 15 is 0 Å². The molecule has 0 aliphatic carbocycles. The van der Waals surface area contributed by atoms with Crippen molar-refractivity contribution in [1.29, 1.82) is 0 Å². The Bertz CT molecular complexity index is 3440. The second kappa shape index (κ2) is 20.4. The van der Waals surface area contributed by atoms with Gasteiger partial charge in [-0.25, -0.2) is 16.8 Å². The third-order valence-electron chi connectivity index (χ3n) is 8.76. The number of rotatable bonds is 19. The van der Waals surface area contributed by atoms with E-state index in [0.717, 1.165) is 17.0 Å². The number of azo groups is 1. The van der Waals surface area contributed by atoms with Crippen molar-refractivity contribution in [3.05, 3.63) is 47.7 Å². The van der Waals surface area contributed by atoms with Gasteiger partial charge in [0, 0.05) is 35.9 Å². The van der Waals surface area contributed by atoms with E-state index in [-0.39, 0.29) is 28.8 Å². The zero-order valence-corrected chi connectivity index (χ0v) is 40.4. The Kier molecular flexibility index (Phi) is 16.9. The summed E-state index contributed by atoms with van der Waals surface area (Å²) in [7, 11) is -29.2. The smallest absolute Gasteiger partial charge is 0.871 e. The van der Waals surface area contributed by atoms with Crippen LogP contribution in [0, 0.1) is 0 Å². The molecule has 0 saturated heterocycles. The Morgan fingerprint density at radius 1 is 0.636 bits per heavy atom. The second-order valence-electron chi connectivity index (χ2n) is 13.1. The molecule has 0 aliphatic heterocycles. The van der Waals surface area contributed by atoms with Gasteiger partial charge in [-0.1, -0.05) is 23.6 Å². The maximum atomic E-state index is 14.3. The third kappa shape index (κ3) is 13.0. The van der Waals surface area contributed by atoms with Gasteiger partial charge in [-0.3, -0.25) is 18.2 Å². The van der Waals surface area contributed by atoms with Crippen molar-refractivity contribution in [1.82, 2.24) is 15.0 Å². The van der Waals surface area contributed by atoms with E-state index < -0.39 is 183 Å². The van der Waals surface area contributed by atoms with Crippen LogP contribution >= 0.6 is 34.8 Å². The molecule has 0 aliphatic rings. The molecule has 0 saturated carbocycles. The Morgan fingerprint density at radius 2 is 1.20 bits per heavy atom. The molecule has 1 radical (unpaired) electrons. The summed E-state index contributed by atoms with van der Waals surface area (Å²) >= 11 is 17.4. The maximum Gasteiger partial charge on any atom is 2.00 e. The Morgan fingerprint density at radius 3 is 1.71 bits per heavy atom. The van der Waals surface area contributed by atoms with Gasteiger partial charge in [-0.2, -0.15) is 53.7 Å². The first-order chi connectivity index (χ1) is 29.9. The molecular weight excluding hydrogens is 1120 g/mol. The number of alkyl halides is 2. The zero-order chi connectivity index (χ0) is 48.7. The zero-order valence-electron chi connectivity index (χ0n) is 32.3. The number of aromatic nitrogens is 3. The first kappa shape index (κ1) is 54.7. The molecule has 0 spiro atoms. The number of hydrogen-bond donors (Lipinski definition) is 5. The molecule has 0 bridgehead atoms. The average molecular weight is 1150 g/mol. The van der Waals surface area contributed by atoms with Crippen LogP contribution in [0.4, 0.5) is 29.0 Å². The molecule has 0 fully saturated rings. The number of nitrogens with one attached hydrogen (secondary N) is 1. The summed E-state index contributed by atoms with van der Waals surface area (Å²) in [6.07, 6.45) is 0. The van der Waals surface area contributed by atoms with Crippen molar-refractivity contribution >= 4 is 145 Å². The van der Waals surface area contributed by atoms with E-state index in [9.17, 15) is 78.9 Å². The van der Waals surface area contributed by atoms with E-state index in [4.69, 9.17) is 34.8 Å². The predicted octanol–water partition coefficient (Wildman–Crippen LogP) is 2.24. The summed E-state index contributed by atoms with van der Waals surface area (Å²) in [5, 5.41) is 33.3. The summed E-state index contributed by atoms with van der Waals surface area (Å²) in [6, 6.07) is 4.43. The Labute approximate surface area is 400 Å². The molecule has 66 heavy (non-hydrogen) atoms. The molecule has 0 amide bonds. The van der Waals surface area contributed by atoms with E-state index in [1.165, 1.54) is 0 Å². The minimum Gasteiger partial charge on any atom is -0.871 e. The number of sulfone groups is 2. The van der Waals surface area contributed by atoms with Gasteiger partial charge in [-0.05, 0) is 58.1 Å². The molecule has 363 valence electrons. The predicted molar refractivity (Wildman–Crippen MR) is 229 cm³/mol. The second-order valence-corrected chi connectivity index (χ2v) is 24.4. The monoisotopic (exact) mass is 1150 g/mol. The number of nitrogens with zero attached hydrogens (tertiary/aromatic N) is 6. The molecule has 5 N–H and O–H groups in total. The minimum absolute atomic E-state index is 0. The normalized spacial score (nSPS) is 13.0. The maximum absolute atomic E-state index is 14.3. The van der Waals surface area contributed by atoms with Gasteiger partial charge in [0.25, 0.3) is 40.5 Å². The van der Waals surface area contributed by atoms with Crippen molar-refractivity contribution < 1.29 is 96.0 Å². The van der Waals surface area contributed by atoms with Crippen molar-refractivity contribution in [2.24, 2.45) is 10.2 Å². The van der Waals surface area contributed by atoms with Gasteiger partial charge in [0.1, 0.15) is 14.7 Å². The van der Waals surface area contributed by atoms with Crippen molar-refractivity contribution in [3.8, 4) is 11.5 Å². The van der Waals surface area contributed by atoms with Gasteiger partial charge < -0.3 is 20.4 Å². The van der Waals surface area contributed by atoms with Crippen LogP contribution in [0.2, 0.25) is 5.28 Å². The summed E-state index contributed by atoms with van der Waals surface area (Å²) in [5.74, 6) is -6.96. The van der Waals surface area contributed by atoms with E-state index in [0.29, 0.717) is 30.3 Å². The Balaban J connectivity index is 0.00000952. The quantitative estimate of drug-likeness (QED) is 0.0342. The topological polar surface area (TPSA) is 411 Å². The summed E-state index contributed by atoms with van der Waals surface area (Å²) in [5.41, 5.74) is -3.28. The van der Waals surface area contributed by atoms with Gasteiger partial charge in [-0.15, -0.1) is 28.3 Å². The summed E-state index contributed by atoms with van der Waals surface area (Å²) in [6.45, 7) is -0.918. The van der Waals surface area contributed by atoms with Crippen LogP contribution in [0.15, 0.2) is 72.3 Å². The fraction of sp³-hybridized carbons (Fsp3) is 0.258. The number of anilines is 3. The SMILES string of the molecule is O=S(=O)(CCCl)CCN(CCS(=O)(=O)CCCl)c1nc(Cl)nc(Nc2cc(S(=O)(=O)O)cc3cc(S(=O)(=O)O)c(N=Nc4cc(S(=O)(=O)O)c5cccc(S(=O)(=O)O)c5c4[O-])c([O-])c23)n1.[Cu+2]. The van der Waals surface area contributed by atoms with Crippen molar-refractivity contribution in [3.63, 3.8) is 0 Å². The van der Waals surface area contributed by atoms with Gasteiger partial charge >= 0.3 is 17.1 Å². The van der Waals surface area contributed by atoms with Gasteiger partial charge in [0.2, 0.25) is 17.2 Å². The number of benzene rings is 4. The first-order valence-corrected chi connectivity index (χ1v) is 28.1. The van der Waals surface area contributed by atoms with E-state index in [2.05, 4.69) is 30.5 Å². The van der Waals surface area contributed by atoms with Gasteiger partial charge in [0.05, 0.1) is 39.3 Å². The number of fused-ring (bicyclic) bond motifs is 2. The largest absolute Gasteiger partial charge is 2.00 e. The number of hydrogen-bond acceptors (Lipinski definition) is 21. The van der Waals surface area contributed by atoms with Crippen LogP contribution in [0.1, 0.15) is 0 Å². The van der Waals surface area contributed by atoms with E-state index in [1.54, 1.807) is 0 Å². The average Bonchev–Trinajstić information content (AvgIpc) is 3.15. The van der Waals surface area contributed by atoms with Gasteiger partial charge in [0.15, 0.2) is 19.7 Å². The van der Waals surface area contributed by atoms with Crippen molar-refractivity contribution in [2.45, 2.75) is 19.6 Å². The van der Waals surface area contributed by atoms with Crippen molar-refractivity contribution in [2.75, 3.05) is 58.1 Å². The fourth-order valence-electron chi connectivity index (χ4n) is 5.86. The minimum atomic E-state index is -5.60. The summed E-state index contributed by atoms with van der Waals surface area (Å²) in [4.78, 5) is 8.12. The van der Waals surface area contributed by atoms with Crippen LogP contribution in [0.3, 0.4) is 0 Å². The molecule has 35 heteroatoms. The molecule has 1 aromatic heterocycles.